The number of nitro groups is 1. The Morgan fingerprint density at radius 2 is 1.71 bits per heavy atom. The van der Waals surface area contributed by atoms with Crippen LogP contribution >= 0.6 is 11.3 Å². The van der Waals surface area contributed by atoms with E-state index in [-0.39, 0.29) is 11.5 Å². The highest BCUT2D eigenvalue weighted by Crippen LogP contribution is 2.29. The Balaban J connectivity index is 1.52. The van der Waals surface area contributed by atoms with Gasteiger partial charge < -0.3 is 10.6 Å². The maximum atomic E-state index is 11.1. The van der Waals surface area contributed by atoms with E-state index in [1.807, 2.05) is 60.0 Å². The van der Waals surface area contributed by atoms with Crippen molar-refractivity contribution < 1.29 is 4.92 Å². The van der Waals surface area contributed by atoms with E-state index in [2.05, 4.69) is 20.6 Å². The maximum Gasteiger partial charge on any atom is 0.311 e. The zero-order chi connectivity index (χ0) is 19.3. The van der Waals surface area contributed by atoms with Crippen molar-refractivity contribution in [3.05, 3.63) is 88.4 Å². The summed E-state index contributed by atoms with van der Waals surface area (Å²) in [6.45, 7) is 0. The largest absolute Gasteiger partial charge is 0.334 e. The summed E-state index contributed by atoms with van der Waals surface area (Å²) in [6, 6.07) is 20.3. The van der Waals surface area contributed by atoms with Gasteiger partial charge in [0.2, 0.25) is 5.82 Å². The average Bonchev–Trinajstić information content (AvgIpc) is 3.18. The zero-order valence-corrected chi connectivity index (χ0v) is 15.4. The van der Waals surface area contributed by atoms with Crippen LogP contribution in [0.2, 0.25) is 0 Å². The van der Waals surface area contributed by atoms with E-state index in [0.29, 0.717) is 5.69 Å². The normalized spacial score (nSPS) is 10.4. The molecule has 0 aliphatic carbocycles. The molecule has 2 heterocycles. The van der Waals surface area contributed by atoms with Crippen molar-refractivity contribution in [2.45, 2.75) is 0 Å². The van der Waals surface area contributed by atoms with Gasteiger partial charge >= 0.3 is 5.69 Å². The molecule has 0 unspecified atom stereocenters. The lowest BCUT2D eigenvalue weighted by Crippen LogP contribution is -1.99. The second kappa shape index (κ2) is 7.85. The third kappa shape index (κ3) is 3.97. The van der Waals surface area contributed by atoms with Gasteiger partial charge in [-0.1, -0.05) is 36.4 Å². The van der Waals surface area contributed by atoms with Crippen LogP contribution in [-0.4, -0.2) is 14.9 Å². The maximum absolute atomic E-state index is 11.1. The quantitative estimate of drug-likeness (QED) is 0.329. The molecule has 2 N–H and O–H groups in total. The summed E-state index contributed by atoms with van der Waals surface area (Å²) >= 11 is 1.51. The van der Waals surface area contributed by atoms with Crippen molar-refractivity contribution in [3.63, 3.8) is 0 Å². The SMILES string of the molecule is O=[N+]([O-])c1cccnc1Nc1cccc(Nc2nc(-c3ccccc3)cs2)c1. The molecule has 0 radical (unpaired) electrons. The lowest BCUT2D eigenvalue weighted by molar-refractivity contribution is -0.384. The molecule has 0 aliphatic rings. The van der Waals surface area contributed by atoms with Crippen molar-refractivity contribution in [2.24, 2.45) is 0 Å². The minimum Gasteiger partial charge on any atom is -0.334 e. The Morgan fingerprint density at radius 1 is 0.929 bits per heavy atom. The van der Waals surface area contributed by atoms with Crippen LogP contribution in [0.15, 0.2) is 78.3 Å². The summed E-state index contributed by atoms with van der Waals surface area (Å²) < 4.78 is 0. The number of nitrogens with zero attached hydrogens (tertiary/aromatic N) is 3. The molecular weight excluding hydrogens is 374 g/mol. The molecule has 4 rings (SSSR count). The molecule has 0 amide bonds. The number of nitrogens with one attached hydrogen (secondary N) is 2. The molecule has 0 spiro atoms. The van der Waals surface area contributed by atoms with Gasteiger partial charge in [0, 0.05) is 34.6 Å². The van der Waals surface area contributed by atoms with Gasteiger partial charge in [0.1, 0.15) is 0 Å². The van der Waals surface area contributed by atoms with Gasteiger partial charge in [0.05, 0.1) is 10.6 Å². The van der Waals surface area contributed by atoms with Crippen LogP contribution in [0.1, 0.15) is 0 Å². The highest BCUT2D eigenvalue weighted by atomic mass is 32.1. The summed E-state index contributed by atoms with van der Waals surface area (Å²) in [7, 11) is 0. The van der Waals surface area contributed by atoms with Crippen molar-refractivity contribution >= 4 is 39.3 Å². The van der Waals surface area contributed by atoms with Gasteiger partial charge in [0.25, 0.3) is 0 Å². The average molecular weight is 389 g/mol. The Morgan fingerprint density at radius 3 is 2.50 bits per heavy atom. The van der Waals surface area contributed by atoms with Gasteiger partial charge in [-0.2, -0.15) is 0 Å². The van der Waals surface area contributed by atoms with Crippen molar-refractivity contribution in [2.75, 3.05) is 10.6 Å². The first-order valence-electron chi connectivity index (χ1n) is 8.43. The van der Waals surface area contributed by atoms with E-state index in [1.54, 1.807) is 0 Å². The van der Waals surface area contributed by atoms with Gasteiger partial charge in [0.15, 0.2) is 5.13 Å². The van der Waals surface area contributed by atoms with Gasteiger partial charge in [-0.05, 0) is 24.3 Å². The molecule has 2 aromatic heterocycles. The predicted octanol–water partition coefficient (Wildman–Crippen LogP) is 5.60. The number of anilines is 4. The molecule has 8 heteroatoms. The van der Waals surface area contributed by atoms with Crippen LogP contribution < -0.4 is 10.6 Å². The number of rotatable bonds is 6. The number of benzene rings is 2. The Hall–Kier alpha value is -3.78. The fraction of sp³-hybridized carbons (Fsp3) is 0. The van der Waals surface area contributed by atoms with E-state index >= 15 is 0 Å². The van der Waals surface area contributed by atoms with E-state index in [9.17, 15) is 10.1 Å². The van der Waals surface area contributed by atoms with Gasteiger partial charge in [-0.3, -0.25) is 10.1 Å². The number of thiazole rings is 1. The van der Waals surface area contributed by atoms with Crippen LogP contribution in [0, 0.1) is 10.1 Å². The fourth-order valence-corrected chi connectivity index (χ4v) is 3.39. The van der Waals surface area contributed by atoms with E-state index in [0.717, 1.165) is 22.1 Å². The minimum absolute atomic E-state index is 0.0757. The Labute approximate surface area is 164 Å². The topological polar surface area (TPSA) is 93.0 Å². The fourth-order valence-electron chi connectivity index (χ4n) is 2.65. The number of pyridine rings is 1. The van der Waals surface area contributed by atoms with Crippen LogP contribution in [-0.2, 0) is 0 Å². The molecule has 4 aromatic rings. The van der Waals surface area contributed by atoms with Crippen LogP contribution in [0.25, 0.3) is 11.3 Å². The van der Waals surface area contributed by atoms with Crippen LogP contribution in [0.5, 0.6) is 0 Å². The lowest BCUT2D eigenvalue weighted by Gasteiger charge is -2.08. The molecule has 0 aliphatic heterocycles. The smallest absolute Gasteiger partial charge is 0.311 e. The first-order valence-corrected chi connectivity index (χ1v) is 9.31. The monoisotopic (exact) mass is 389 g/mol. The highest BCUT2D eigenvalue weighted by Gasteiger charge is 2.14. The Bertz CT molecular complexity index is 1110. The molecule has 0 fully saturated rings. The number of hydrogen-bond acceptors (Lipinski definition) is 7. The number of aromatic nitrogens is 2. The first kappa shape index (κ1) is 17.6. The third-order valence-electron chi connectivity index (χ3n) is 3.93. The molecule has 0 bridgehead atoms. The van der Waals surface area contributed by atoms with Crippen LogP contribution in [0.3, 0.4) is 0 Å². The summed E-state index contributed by atoms with van der Waals surface area (Å²) in [4.78, 5) is 19.4. The molecule has 2 aromatic carbocycles. The van der Waals surface area contributed by atoms with E-state index in [4.69, 9.17) is 0 Å². The van der Waals surface area contributed by atoms with E-state index < -0.39 is 4.92 Å². The third-order valence-corrected chi connectivity index (χ3v) is 4.69. The second-order valence-corrected chi connectivity index (χ2v) is 6.72. The highest BCUT2D eigenvalue weighted by molar-refractivity contribution is 7.14. The van der Waals surface area contributed by atoms with Crippen molar-refractivity contribution in [1.82, 2.24) is 9.97 Å². The lowest BCUT2D eigenvalue weighted by atomic mass is 10.2. The number of hydrogen-bond donors (Lipinski definition) is 2. The van der Waals surface area contributed by atoms with Crippen LogP contribution in [0.4, 0.5) is 28.0 Å². The van der Waals surface area contributed by atoms with Crippen molar-refractivity contribution in [1.29, 1.82) is 0 Å². The standard InChI is InChI=1S/C20H15N5O2S/c26-25(27)18-10-5-11-21-19(18)22-15-8-4-9-16(12-15)23-20-24-17(13-28-20)14-6-2-1-3-7-14/h1-13H,(H,21,22)(H,23,24). The summed E-state index contributed by atoms with van der Waals surface area (Å²) in [5.41, 5.74) is 3.40. The molecule has 0 saturated carbocycles. The first-order chi connectivity index (χ1) is 13.7. The van der Waals surface area contributed by atoms with Gasteiger partial charge in [-0.15, -0.1) is 11.3 Å². The van der Waals surface area contributed by atoms with E-state index in [1.165, 1.54) is 29.7 Å². The molecular formula is C20H15N5O2S. The summed E-state index contributed by atoms with van der Waals surface area (Å²) in [5.74, 6) is 0.199. The zero-order valence-electron chi connectivity index (χ0n) is 14.6. The summed E-state index contributed by atoms with van der Waals surface area (Å²) in [5, 5.41) is 20.2. The molecule has 0 atom stereocenters. The van der Waals surface area contributed by atoms with Gasteiger partial charge in [-0.25, -0.2) is 9.97 Å². The molecule has 28 heavy (non-hydrogen) atoms. The minimum atomic E-state index is -0.460. The second-order valence-electron chi connectivity index (χ2n) is 5.86. The van der Waals surface area contributed by atoms with Crippen molar-refractivity contribution in [3.8, 4) is 11.3 Å². The molecule has 7 nitrogen and oxygen atoms in total. The predicted molar refractivity (Wildman–Crippen MR) is 111 cm³/mol. The summed E-state index contributed by atoms with van der Waals surface area (Å²) in [6.07, 6.45) is 1.51. The molecule has 138 valence electrons. The Kier molecular flexibility index (Phi) is 4.94. The molecule has 0 saturated heterocycles.